The standard InChI is InChI=1S/C9H18N2O2/c1-10-9(13)11-6-7-3-2-4-8(12)5-7/h7-8,12H,2-6H2,1H3,(H2,10,11,13). The van der Waals surface area contributed by atoms with Crippen molar-refractivity contribution >= 4 is 6.03 Å². The van der Waals surface area contributed by atoms with E-state index in [2.05, 4.69) is 10.6 Å². The van der Waals surface area contributed by atoms with Gasteiger partial charge in [-0.05, 0) is 25.2 Å². The fraction of sp³-hybridized carbons (Fsp3) is 0.889. The van der Waals surface area contributed by atoms with Crippen LogP contribution in [0.15, 0.2) is 0 Å². The van der Waals surface area contributed by atoms with Gasteiger partial charge < -0.3 is 15.7 Å². The molecule has 3 N–H and O–H groups in total. The minimum absolute atomic E-state index is 0.139. The summed E-state index contributed by atoms with van der Waals surface area (Å²) in [5.41, 5.74) is 0. The SMILES string of the molecule is CNC(=O)NCC1CCCC(O)C1. The maximum atomic E-state index is 10.9. The summed E-state index contributed by atoms with van der Waals surface area (Å²) < 4.78 is 0. The number of carbonyl (C=O) groups excluding carboxylic acids is 1. The molecule has 0 bridgehead atoms. The summed E-state index contributed by atoms with van der Waals surface area (Å²) in [6.45, 7) is 0.677. The number of amides is 2. The molecule has 0 heterocycles. The van der Waals surface area contributed by atoms with E-state index in [1.807, 2.05) is 0 Å². The topological polar surface area (TPSA) is 61.4 Å². The molecule has 2 unspecified atom stereocenters. The molecule has 0 radical (unpaired) electrons. The third-order valence-corrected chi connectivity index (χ3v) is 2.53. The predicted octanol–water partition coefficient (Wildman–Crippen LogP) is 0.466. The average Bonchev–Trinajstić information content (AvgIpc) is 2.14. The van der Waals surface area contributed by atoms with Crippen LogP contribution in [0, 0.1) is 5.92 Å². The highest BCUT2D eigenvalue weighted by atomic mass is 16.3. The molecule has 1 fully saturated rings. The Kier molecular flexibility index (Phi) is 4.02. The third-order valence-electron chi connectivity index (χ3n) is 2.53. The lowest BCUT2D eigenvalue weighted by molar-refractivity contribution is 0.101. The highest BCUT2D eigenvalue weighted by molar-refractivity contribution is 5.73. The summed E-state index contributed by atoms with van der Waals surface area (Å²) in [6.07, 6.45) is 3.76. The zero-order valence-electron chi connectivity index (χ0n) is 8.05. The first kappa shape index (κ1) is 10.3. The fourth-order valence-electron chi connectivity index (χ4n) is 1.77. The Labute approximate surface area is 78.7 Å². The molecule has 0 saturated heterocycles. The van der Waals surface area contributed by atoms with Crippen LogP contribution >= 0.6 is 0 Å². The smallest absolute Gasteiger partial charge is 0.314 e. The first-order valence-corrected chi connectivity index (χ1v) is 4.86. The number of rotatable bonds is 2. The van der Waals surface area contributed by atoms with E-state index in [9.17, 15) is 9.90 Å². The van der Waals surface area contributed by atoms with Crippen molar-refractivity contribution in [2.75, 3.05) is 13.6 Å². The molecule has 1 saturated carbocycles. The van der Waals surface area contributed by atoms with Crippen LogP contribution in [0.1, 0.15) is 25.7 Å². The van der Waals surface area contributed by atoms with Crippen molar-refractivity contribution in [1.29, 1.82) is 0 Å². The van der Waals surface area contributed by atoms with Gasteiger partial charge in [-0.1, -0.05) is 6.42 Å². The molecule has 0 aromatic rings. The van der Waals surface area contributed by atoms with E-state index < -0.39 is 0 Å². The van der Waals surface area contributed by atoms with Gasteiger partial charge in [0.2, 0.25) is 0 Å². The van der Waals surface area contributed by atoms with Crippen molar-refractivity contribution in [3.63, 3.8) is 0 Å². The van der Waals surface area contributed by atoms with E-state index in [0.717, 1.165) is 25.7 Å². The summed E-state index contributed by atoms with van der Waals surface area (Å²) >= 11 is 0. The Bertz CT molecular complexity index is 173. The minimum Gasteiger partial charge on any atom is -0.393 e. The summed E-state index contributed by atoms with van der Waals surface area (Å²) in [5, 5.41) is 14.6. The third kappa shape index (κ3) is 3.63. The van der Waals surface area contributed by atoms with Gasteiger partial charge in [-0.2, -0.15) is 0 Å². The first-order valence-electron chi connectivity index (χ1n) is 4.86. The summed E-state index contributed by atoms with van der Waals surface area (Å²) in [5.74, 6) is 0.445. The van der Waals surface area contributed by atoms with Gasteiger partial charge in [0.05, 0.1) is 6.10 Å². The Balaban J connectivity index is 2.17. The Morgan fingerprint density at radius 1 is 1.54 bits per heavy atom. The summed E-state index contributed by atoms with van der Waals surface area (Å²) in [4.78, 5) is 10.9. The molecule has 13 heavy (non-hydrogen) atoms. The quantitative estimate of drug-likeness (QED) is 0.587. The molecule has 0 aromatic heterocycles. The van der Waals surface area contributed by atoms with Crippen LogP contribution in [0.25, 0.3) is 0 Å². The molecular weight excluding hydrogens is 168 g/mol. The van der Waals surface area contributed by atoms with Gasteiger partial charge in [0, 0.05) is 13.6 Å². The van der Waals surface area contributed by atoms with Crippen LogP contribution in [0.4, 0.5) is 4.79 Å². The van der Waals surface area contributed by atoms with Crippen LogP contribution in [0.3, 0.4) is 0 Å². The Morgan fingerprint density at radius 2 is 2.31 bits per heavy atom. The molecule has 2 amide bonds. The molecule has 0 aliphatic heterocycles. The van der Waals surface area contributed by atoms with Crippen LogP contribution in [0.2, 0.25) is 0 Å². The van der Waals surface area contributed by atoms with E-state index in [4.69, 9.17) is 0 Å². The van der Waals surface area contributed by atoms with Gasteiger partial charge in [0.15, 0.2) is 0 Å². The van der Waals surface area contributed by atoms with Crippen molar-refractivity contribution in [2.45, 2.75) is 31.8 Å². The number of aliphatic hydroxyl groups excluding tert-OH is 1. The average molecular weight is 186 g/mol. The highest BCUT2D eigenvalue weighted by Gasteiger charge is 2.20. The van der Waals surface area contributed by atoms with Crippen molar-refractivity contribution in [3.8, 4) is 0 Å². The first-order chi connectivity index (χ1) is 6.22. The van der Waals surface area contributed by atoms with Gasteiger partial charge in [-0.25, -0.2) is 4.79 Å². The monoisotopic (exact) mass is 186 g/mol. The van der Waals surface area contributed by atoms with E-state index >= 15 is 0 Å². The zero-order chi connectivity index (χ0) is 9.68. The van der Waals surface area contributed by atoms with Crippen molar-refractivity contribution in [3.05, 3.63) is 0 Å². The number of aliphatic hydroxyl groups is 1. The Hall–Kier alpha value is -0.770. The van der Waals surface area contributed by atoms with Gasteiger partial charge in [-0.15, -0.1) is 0 Å². The molecule has 1 rings (SSSR count). The second-order valence-corrected chi connectivity index (χ2v) is 3.65. The zero-order valence-corrected chi connectivity index (χ0v) is 8.05. The second-order valence-electron chi connectivity index (χ2n) is 3.65. The molecule has 1 aliphatic carbocycles. The van der Waals surface area contributed by atoms with Gasteiger partial charge >= 0.3 is 6.03 Å². The minimum atomic E-state index is -0.162. The van der Waals surface area contributed by atoms with E-state index in [0.29, 0.717) is 12.5 Å². The Morgan fingerprint density at radius 3 is 2.92 bits per heavy atom. The number of carbonyl (C=O) groups is 1. The van der Waals surface area contributed by atoms with Crippen LogP contribution in [-0.2, 0) is 0 Å². The number of nitrogens with one attached hydrogen (secondary N) is 2. The van der Waals surface area contributed by atoms with E-state index in [1.165, 1.54) is 0 Å². The van der Waals surface area contributed by atoms with E-state index in [-0.39, 0.29) is 12.1 Å². The van der Waals surface area contributed by atoms with Crippen LogP contribution in [0.5, 0.6) is 0 Å². The van der Waals surface area contributed by atoms with Crippen molar-refractivity contribution in [2.24, 2.45) is 5.92 Å². The van der Waals surface area contributed by atoms with Gasteiger partial charge in [0.25, 0.3) is 0 Å². The molecule has 4 nitrogen and oxygen atoms in total. The molecule has 4 heteroatoms. The van der Waals surface area contributed by atoms with Crippen molar-refractivity contribution < 1.29 is 9.90 Å². The van der Waals surface area contributed by atoms with Crippen LogP contribution < -0.4 is 10.6 Å². The summed E-state index contributed by atoms with van der Waals surface area (Å²) in [6, 6.07) is -0.139. The molecule has 2 atom stereocenters. The van der Waals surface area contributed by atoms with Crippen LogP contribution in [-0.4, -0.2) is 30.8 Å². The predicted molar refractivity (Wildman–Crippen MR) is 50.4 cm³/mol. The molecule has 0 spiro atoms. The molecule has 0 aromatic carbocycles. The lowest BCUT2D eigenvalue weighted by atomic mass is 9.87. The lowest BCUT2D eigenvalue weighted by Crippen LogP contribution is -2.37. The normalized spacial score (nSPS) is 28.2. The summed E-state index contributed by atoms with van der Waals surface area (Å²) in [7, 11) is 1.60. The van der Waals surface area contributed by atoms with E-state index in [1.54, 1.807) is 7.05 Å². The number of hydrogen-bond acceptors (Lipinski definition) is 2. The van der Waals surface area contributed by atoms with Gasteiger partial charge in [0.1, 0.15) is 0 Å². The molecule has 76 valence electrons. The molecular formula is C9H18N2O2. The largest absolute Gasteiger partial charge is 0.393 e. The lowest BCUT2D eigenvalue weighted by Gasteiger charge is -2.25. The maximum absolute atomic E-state index is 10.9. The number of urea groups is 1. The highest BCUT2D eigenvalue weighted by Crippen LogP contribution is 2.23. The number of hydrogen-bond donors (Lipinski definition) is 3. The fourth-order valence-corrected chi connectivity index (χ4v) is 1.77. The second kappa shape index (κ2) is 5.07. The molecule has 1 aliphatic rings. The van der Waals surface area contributed by atoms with Gasteiger partial charge in [-0.3, -0.25) is 0 Å². The van der Waals surface area contributed by atoms with Crippen molar-refractivity contribution in [1.82, 2.24) is 10.6 Å². The maximum Gasteiger partial charge on any atom is 0.314 e.